The third-order valence-corrected chi connectivity index (χ3v) is 2.65. The summed E-state index contributed by atoms with van der Waals surface area (Å²) in [5.41, 5.74) is 7.25. The molecular formula is C12H9ClN6. The Morgan fingerprint density at radius 3 is 2.84 bits per heavy atom. The molecule has 2 aromatic heterocycles. The topological polar surface area (TPSA) is 89.6 Å². The van der Waals surface area contributed by atoms with E-state index in [0.29, 0.717) is 5.95 Å². The van der Waals surface area contributed by atoms with Gasteiger partial charge in [-0.3, -0.25) is 4.98 Å². The summed E-state index contributed by atoms with van der Waals surface area (Å²) >= 11 is 5.72. The first kappa shape index (κ1) is 11.6. The third-order valence-electron chi connectivity index (χ3n) is 2.48. The molecule has 7 heteroatoms. The van der Waals surface area contributed by atoms with E-state index >= 15 is 0 Å². The van der Waals surface area contributed by atoms with Crippen molar-refractivity contribution in [3.63, 3.8) is 0 Å². The molecule has 0 fully saturated rings. The van der Waals surface area contributed by atoms with E-state index in [9.17, 15) is 0 Å². The second-order valence-electron chi connectivity index (χ2n) is 3.82. The molecule has 0 aliphatic heterocycles. The molecule has 3 aromatic rings. The number of fused-ring (bicyclic) bond motifs is 1. The monoisotopic (exact) mass is 272 g/mol. The molecule has 0 radical (unpaired) electrons. The number of nitrogens with zero attached hydrogens (tertiary/aromatic N) is 4. The van der Waals surface area contributed by atoms with Crippen LogP contribution in [0.3, 0.4) is 0 Å². The minimum absolute atomic E-state index is 0.0532. The lowest BCUT2D eigenvalue weighted by Gasteiger charge is -2.06. The van der Waals surface area contributed by atoms with E-state index in [4.69, 9.17) is 17.3 Å². The summed E-state index contributed by atoms with van der Waals surface area (Å²) < 4.78 is 0. The predicted molar refractivity (Wildman–Crippen MR) is 74.3 cm³/mol. The standard InChI is InChI=1S/C12H9ClN6/c13-10-17-11(14)19-12(18-10)16-8-3-4-9-7(6-8)2-1-5-15-9/h1-6H,(H3,14,16,17,18,19). The first-order valence-corrected chi connectivity index (χ1v) is 5.87. The van der Waals surface area contributed by atoms with E-state index < -0.39 is 0 Å². The van der Waals surface area contributed by atoms with Crippen molar-refractivity contribution in [1.82, 2.24) is 19.9 Å². The average Bonchev–Trinajstić information content (AvgIpc) is 2.37. The molecule has 0 aliphatic rings. The molecule has 94 valence electrons. The maximum absolute atomic E-state index is 5.72. The van der Waals surface area contributed by atoms with Gasteiger partial charge in [0.1, 0.15) is 0 Å². The van der Waals surface area contributed by atoms with Crippen molar-refractivity contribution in [2.75, 3.05) is 11.1 Å². The number of benzene rings is 1. The number of aromatic nitrogens is 4. The molecule has 0 spiro atoms. The van der Waals surface area contributed by atoms with E-state index in [1.807, 2.05) is 30.3 Å². The minimum Gasteiger partial charge on any atom is -0.368 e. The van der Waals surface area contributed by atoms with Crippen LogP contribution in [0.25, 0.3) is 10.9 Å². The Balaban J connectivity index is 1.96. The molecule has 6 nitrogen and oxygen atoms in total. The van der Waals surface area contributed by atoms with Gasteiger partial charge in [0, 0.05) is 17.3 Å². The molecule has 3 rings (SSSR count). The lowest BCUT2D eigenvalue weighted by molar-refractivity contribution is 1.07. The zero-order valence-corrected chi connectivity index (χ0v) is 10.5. The molecule has 0 unspecified atom stereocenters. The summed E-state index contributed by atoms with van der Waals surface area (Å²) in [7, 11) is 0. The summed E-state index contributed by atoms with van der Waals surface area (Å²) in [4.78, 5) is 15.8. The largest absolute Gasteiger partial charge is 0.368 e. The van der Waals surface area contributed by atoms with Crippen LogP contribution in [0.15, 0.2) is 36.5 Å². The lowest BCUT2D eigenvalue weighted by atomic mass is 10.2. The summed E-state index contributed by atoms with van der Waals surface area (Å²) in [6.45, 7) is 0. The van der Waals surface area contributed by atoms with Crippen LogP contribution in [-0.4, -0.2) is 19.9 Å². The van der Waals surface area contributed by atoms with Gasteiger partial charge in [0.05, 0.1) is 5.52 Å². The van der Waals surface area contributed by atoms with E-state index in [1.165, 1.54) is 0 Å². The highest BCUT2D eigenvalue weighted by atomic mass is 35.5. The summed E-state index contributed by atoms with van der Waals surface area (Å²) in [5.74, 6) is 0.380. The molecule has 0 bridgehead atoms. The first-order chi connectivity index (χ1) is 9.20. The van der Waals surface area contributed by atoms with Gasteiger partial charge in [-0.2, -0.15) is 15.0 Å². The van der Waals surface area contributed by atoms with Crippen LogP contribution in [0.1, 0.15) is 0 Å². The van der Waals surface area contributed by atoms with Crippen LogP contribution in [0.5, 0.6) is 0 Å². The smallest absolute Gasteiger partial charge is 0.233 e. The van der Waals surface area contributed by atoms with Crippen molar-refractivity contribution in [3.8, 4) is 0 Å². The van der Waals surface area contributed by atoms with Gasteiger partial charge < -0.3 is 11.1 Å². The van der Waals surface area contributed by atoms with Gasteiger partial charge in [0.2, 0.25) is 17.2 Å². The molecule has 0 amide bonds. The fourth-order valence-electron chi connectivity index (χ4n) is 1.70. The maximum atomic E-state index is 5.72. The SMILES string of the molecule is Nc1nc(Cl)nc(Nc2ccc3ncccc3c2)n1. The fourth-order valence-corrected chi connectivity index (χ4v) is 1.87. The van der Waals surface area contributed by atoms with Crippen LogP contribution in [0.4, 0.5) is 17.6 Å². The van der Waals surface area contributed by atoms with E-state index in [2.05, 4.69) is 25.3 Å². The number of hydrogen-bond acceptors (Lipinski definition) is 6. The molecule has 0 saturated heterocycles. The zero-order valence-electron chi connectivity index (χ0n) is 9.71. The van der Waals surface area contributed by atoms with Gasteiger partial charge in [-0.1, -0.05) is 6.07 Å². The highest BCUT2D eigenvalue weighted by Crippen LogP contribution is 2.20. The van der Waals surface area contributed by atoms with Crippen LogP contribution in [-0.2, 0) is 0 Å². The number of rotatable bonds is 2. The quantitative estimate of drug-likeness (QED) is 0.744. The molecule has 3 N–H and O–H groups in total. The van der Waals surface area contributed by atoms with Crippen molar-refractivity contribution in [3.05, 3.63) is 41.8 Å². The van der Waals surface area contributed by atoms with Crippen LogP contribution < -0.4 is 11.1 Å². The summed E-state index contributed by atoms with van der Waals surface area (Å²) in [6.07, 6.45) is 1.75. The Labute approximate surface area is 113 Å². The lowest BCUT2D eigenvalue weighted by Crippen LogP contribution is -2.03. The van der Waals surface area contributed by atoms with Gasteiger partial charge >= 0.3 is 0 Å². The fraction of sp³-hybridized carbons (Fsp3) is 0. The number of nitrogen functional groups attached to an aromatic ring is 1. The van der Waals surface area contributed by atoms with Crippen LogP contribution in [0, 0.1) is 0 Å². The van der Waals surface area contributed by atoms with Gasteiger partial charge in [-0.15, -0.1) is 0 Å². The van der Waals surface area contributed by atoms with Gasteiger partial charge in [-0.05, 0) is 35.9 Å². The number of pyridine rings is 1. The molecule has 0 aliphatic carbocycles. The highest BCUT2D eigenvalue weighted by molar-refractivity contribution is 6.28. The second kappa shape index (κ2) is 4.66. The Hall–Kier alpha value is -2.47. The van der Waals surface area contributed by atoms with Crippen molar-refractivity contribution in [2.24, 2.45) is 0 Å². The van der Waals surface area contributed by atoms with E-state index in [-0.39, 0.29) is 11.2 Å². The van der Waals surface area contributed by atoms with E-state index in [1.54, 1.807) is 6.20 Å². The third kappa shape index (κ3) is 2.53. The second-order valence-corrected chi connectivity index (χ2v) is 4.16. The highest BCUT2D eigenvalue weighted by Gasteiger charge is 2.03. The predicted octanol–water partition coefficient (Wildman–Crippen LogP) is 2.40. The van der Waals surface area contributed by atoms with Crippen LogP contribution >= 0.6 is 11.6 Å². The number of hydrogen-bond donors (Lipinski definition) is 2. The van der Waals surface area contributed by atoms with E-state index in [0.717, 1.165) is 16.6 Å². The first-order valence-electron chi connectivity index (χ1n) is 5.49. The van der Waals surface area contributed by atoms with Crippen molar-refractivity contribution in [2.45, 2.75) is 0 Å². The number of anilines is 3. The summed E-state index contributed by atoms with van der Waals surface area (Å²) in [6, 6.07) is 9.58. The Bertz CT molecular complexity index is 725. The number of halogens is 1. The molecule has 2 heterocycles. The zero-order chi connectivity index (χ0) is 13.2. The van der Waals surface area contributed by atoms with Crippen molar-refractivity contribution in [1.29, 1.82) is 0 Å². The molecule has 1 aromatic carbocycles. The minimum atomic E-state index is 0.0532. The average molecular weight is 273 g/mol. The van der Waals surface area contributed by atoms with Crippen LogP contribution in [0.2, 0.25) is 5.28 Å². The van der Waals surface area contributed by atoms with Crippen molar-refractivity contribution < 1.29 is 0 Å². The normalized spacial score (nSPS) is 10.6. The number of nitrogens with two attached hydrogens (primary N) is 1. The maximum Gasteiger partial charge on any atom is 0.233 e. The van der Waals surface area contributed by atoms with Crippen molar-refractivity contribution >= 4 is 40.1 Å². The molecular weight excluding hydrogens is 264 g/mol. The van der Waals surface area contributed by atoms with Gasteiger partial charge in [0.15, 0.2) is 0 Å². The molecule has 0 atom stereocenters. The van der Waals surface area contributed by atoms with Gasteiger partial charge in [-0.25, -0.2) is 0 Å². The molecule has 0 saturated carbocycles. The van der Waals surface area contributed by atoms with Gasteiger partial charge in [0.25, 0.3) is 0 Å². The molecule has 19 heavy (non-hydrogen) atoms. The summed E-state index contributed by atoms with van der Waals surface area (Å²) in [5, 5.41) is 4.09. The Kier molecular flexibility index (Phi) is 2.85. The Morgan fingerprint density at radius 2 is 2.00 bits per heavy atom. The Morgan fingerprint density at radius 1 is 1.11 bits per heavy atom. The number of nitrogens with one attached hydrogen (secondary N) is 1.